The number of aliphatic hydroxyl groups excluding tert-OH is 26. The number of carbonyl (C=O) groups excluding carboxylic acids is 5. The normalized spacial score (nSPS) is 45.5. The van der Waals surface area contributed by atoms with Crippen LogP contribution in [0.15, 0.2) is 0 Å². The van der Waals surface area contributed by atoms with Crippen LogP contribution in [0.5, 0.6) is 0 Å². The molecule has 5 amide bonds. The molecule has 127 heavy (non-hydrogen) atoms. The molecule has 0 saturated carbocycles. The van der Waals surface area contributed by atoms with Crippen molar-refractivity contribution in [2.45, 2.75) is 335 Å². The first-order valence-electron chi connectivity index (χ1n) is 39.9. The van der Waals surface area contributed by atoms with Crippen molar-refractivity contribution in [1.82, 2.24) is 26.6 Å². The second-order valence-corrected chi connectivity index (χ2v) is 31.7. The Morgan fingerprint density at radius 2 is 0.638 bits per heavy atom. The molecule has 9 aliphatic heterocycles. The van der Waals surface area contributed by atoms with Gasteiger partial charge >= 0.3 is 11.9 Å². The standard InChI is InChI=1S/C70H115N5O52/c1-17(84)71-33-22(89)6-69(67(107)108,125-55(33)38(93)24(91)8-76)111-16-32-40(95)46(101)47(102)63(118-32)120-52-29(13-81)116-62(37(45(52)100)75-21(5)88)124-59-48(103)54(31(15-83)117-66(59)123-57-41(96)26(10-78)113-64(49(57)104)121-51-28(12-80)112-60(106)35(43(51)98)73-19(3)86)119-61-36(74-20(4)87)44(99)53(30(14-82)115-61)122-65-50(105)58(42(97)27(11-79)114-65)127-70(68(109)110)7-23(90)34(72-18(2)85)56(126-70)39(94)25(92)9-77/h22-66,76-83,89-106H,6-16H2,1-5H3,(H,71,84)(H,72,85)(H,73,86)(H,74,87)(H,75,88)(H,107,108)(H,109,110)/t22-,23-,24+,25+,26+,27+,28+,29+,30+,31+,32+,33+,34+,35+,36+,37+,38+,39+,40-,41+,42-,43+,44+,45+,46-,47+,48-,49-,50+,51+,52+,53+,54+,55+,56+,57-,58-,59-,60+,61-,62-,63-,64-,65-,66-,69+,70-/m0/s1. The fraction of sp³-hybridized carbons (Fsp3) is 0.900. The minimum atomic E-state index is -3.33. The number of ether oxygens (including phenoxy) is 17. The molecule has 0 aliphatic carbocycles. The molecular weight excluding hydrogens is 1740 g/mol. The molecule has 9 fully saturated rings. The van der Waals surface area contributed by atoms with E-state index in [1.54, 1.807) is 0 Å². The zero-order chi connectivity index (χ0) is 94.4. The van der Waals surface area contributed by atoms with Crippen LogP contribution in [-0.4, -0.2) is 531 Å². The summed E-state index contributed by atoms with van der Waals surface area (Å²) in [4.78, 5) is 89.7. The third-order valence-electron chi connectivity index (χ3n) is 22.7. The molecule has 47 atom stereocenters. The first-order valence-corrected chi connectivity index (χ1v) is 39.9. The van der Waals surface area contributed by atoms with Gasteiger partial charge in [0.05, 0.1) is 83.8 Å². The average Bonchev–Trinajstić information content (AvgIpc) is 0.754. The summed E-state index contributed by atoms with van der Waals surface area (Å²) in [5.74, 6) is -15.5. The Morgan fingerprint density at radius 1 is 0.323 bits per heavy atom. The fourth-order valence-corrected chi connectivity index (χ4v) is 16.3. The average molecular weight is 1860 g/mol. The molecule has 9 rings (SSSR count). The van der Waals surface area contributed by atoms with Gasteiger partial charge in [-0.25, -0.2) is 9.59 Å². The second kappa shape index (κ2) is 45.1. The largest absolute Gasteiger partial charge is 0.477 e. The molecule has 0 bridgehead atoms. The van der Waals surface area contributed by atoms with E-state index in [0.717, 1.165) is 34.6 Å². The van der Waals surface area contributed by atoms with Gasteiger partial charge in [-0.2, -0.15) is 0 Å². The smallest absolute Gasteiger partial charge is 0.364 e. The Hall–Kier alpha value is -5.43. The molecule has 0 unspecified atom stereocenters. The number of carboxylic acid groups (broad SMARTS) is 2. The Bertz CT molecular complexity index is 3580. The van der Waals surface area contributed by atoms with Gasteiger partial charge in [-0.1, -0.05) is 0 Å². The topological polar surface area (TPSA) is 903 Å². The molecule has 0 radical (unpaired) electrons. The van der Waals surface area contributed by atoms with Gasteiger partial charge in [0.15, 0.2) is 44.0 Å². The number of amides is 5. The summed E-state index contributed by atoms with van der Waals surface area (Å²) in [6.07, 6.45) is -92.8. The number of aliphatic carboxylic acids is 2. The van der Waals surface area contributed by atoms with Crippen molar-refractivity contribution in [3.05, 3.63) is 0 Å². The Labute approximate surface area is 717 Å². The zero-order valence-corrected chi connectivity index (χ0v) is 68.1. The molecule has 57 nitrogen and oxygen atoms in total. The molecule has 33 N–H and O–H groups in total. The van der Waals surface area contributed by atoms with Crippen LogP contribution in [0, 0.1) is 0 Å². The van der Waals surface area contributed by atoms with Crippen molar-refractivity contribution in [2.75, 3.05) is 59.5 Å². The van der Waals surface area contributed by atoms with Crippen molar-refractivity contribution in [1.29, 1.82) is 0 Å². The Balaban J connectivity index is 1.04. The molecule has 9 aliphatic rings. The second-order valence-electron chi connectivity index (χ2n) is 31.7. The Morgan fingerprint density at radius 3 is 1.05 bits per heavy atom. The molecular formula is C70H115N5O52. The third-order valence-corrected chi connectivity index (χ3v) is 22.7. The highest BCUT2D eigenvalue weighted by Gasteiger charge is 2.65. The molecule has 9 saturated heterocycles. The SMILES string of the molecule is CC(=O)N[C@@H]1[C@@H](O)[C@H](O[C@@H]2O[C@H](CO)[C@@H](O)[C@H](O[C@@H]3O[C@H](CO)[C@@H](O[C@@H]4O[C@H](CO)[C@@H](O[C@@H]5O[C@H](CO)[C@H](O)[C@H](O[C@]6(C(=O)O)C[C@H](O)[C@@H](NC(C)=O)[C@H]([C@H](O)[C@H](O)CO)O6)[C@H]5O)[C@H](O)[C@H]4NC(C)=O)[C@H](O)[C@@H]3O[C@@H]3O[C@H](CO)[C@@H](O[C@@H]4O[C@H](CO[C@]5(C(=O)O)C[C@H](O)[C@@H](NC(C)=O)[C@H]([C@H](O)[C@H](O)CO)O5)[C@H](O)[C@H](O)[C@H]4O)[C@H](O)[C@H]3NC(C)=O)[C@@H]2O)[C@@H](CO)O[C@H]1O. The number of nitrogens with one attached hydrogen (secondary N) is 5. The first-order chi connectivity index (χ1) is 59.7. The first kappa shape index (κ1) is 105. The van der Waals surface area contributed by atoms with Gasteiger partial charge < -0.3 is 250 Å². The lowest BCUT2D eigenvalue weighted by Crippen LogP contribution is -2.72. The van der Waals surface area contributed by atoms with Crippen molar-refractivity contribution in [3.8, 4) is 0 Å². The maximum absolute atomic E-state index is 13.4. The summed E-state index contributed by atoms with van der Waals surface area (Å²) in [5, 5.41) is 324. The summed E-state index contributed by atoms with van der Waals surface area (Å²) in [5.41, 5.74) is 0. The van der Waals surface area contributed by atoms with Crippen LogP contribution >= 0.6 is 0 Å². The number of aliphatic hydroxyl groups is 26. The van der Waals surface area contributed by atoms with E-state index in [9.17, 15) is 177 Å². The van der Waals surface area contributed by atoms with Gasteiger partial charge in [-0.3, -0.25) is 24.0 Å². The van der Waals surface area contributed by atoms with E-state index in [1.807, 2.05) is 0 Å². The van der Waals surface area contributed by atoms with Crippen LogP contribution in [-0.2, 0) is 114 Å². The van der Waals surface area contributed by atoms with Crippen LogP contribution < -0.4 is 26.6 Å². The third kappa shape index (κ3) is 23.3. The lowest BCUT2D eigenvalue weighted by Gasteiger charge is -2.52. The highest BCUT2D eigenvalue weighted by Crippen LogP contribution is 2.43. The minimum absolute atomic E-state index is 0.838. The molecule has 9 heterocycles. The van der Waals surface area contributed by atoms with E-state index in [2.05, 4.69) is 26.6 Å². The molecule has 57 heteroatoms. The summed E-state index contributed by atoms with van der Waals surface area (Å²) in [7, 11) is 0. The maximum atomic E-state index is 13.4. The monoisotopic (exact) mass is 1860 g/mol. The van der Waals surface area contributed by atoms with Gasteiger partial charge in [0, 0.05) is 47.5 Å². The highest BCUT2D eigenvalue weighted by molar-refractivity contribution is 5.78. The summed E-state index contributed by atoms with van der Waals surface area (Å²) in [6, 6.07) is -9.54. The van der Waals surface area contributed by atoms with Gasteiger partial charge in [0.25, 0.3) is 11.6 Å². The van der Waals surface area contributed by atoms with Crippen LogP contribution in [0.4, 0.5) is 0 Å². The molecule has 0 spiro atoms. The van der Waals surface area contributed by atoms with E-state index in [-0.39, 0.29) is 0 Å². The molecule has 0 aromatic rings. The number of carbonyl (C=O) groups is 7. The number of rotatable bonds is 36. The maximum Gasteiger partial charge on any atom is 0.364 e. The van der Waals surface area contributed by atoms with Crippen molar-refractivity contribution in [2.24, 2.45) is 0 Å². The minimum Gasteiger partial charge on any atom is -0.477 e. The predicted molar refractivity (Wildman–Crippen MR) is 389 cm³/mol. The van der Waals surface area contributed by atoms with E-state index in [1.165, 1.54) is 0 Å². The summed E-state index contributed by atoms with van der Waals surface area (Å²) >= 11 is 0. The van der Waals surface area contributed by atoms with Gasteiger partial charge in [0.2, 0.25) is 29.5 Å². The number of hydrogen-bond acceptors (Lipinski definition) is 50. The van der Waals surface area contributed by atoms with E-state index in [4.69, 9.17) is 80.5 Å². The predicted octanol–water partition coefficient (Wildman–Crippen LogP) is -21.5. The van der Waals surface area contributed by atoms with Gasteiger partial charge in [-0.05, 0) is 0 Å². The zero-order valence-electron chi connectivity index (χ0n) is 68.1. The quantitative estimate of drug-likeness (QED) is 0.0277. The highest BCUT2D eigenvalue weighted by atomic mass is 16.8. The van der Waals surface area contributed by atoms with Crippen LogP contribution in [0.1, 0.15) is 47.5 Å². The van der Waals surface area contributed by atoms with E-state index < -0.39 is 401 Å². The van der Waals surface area contributed by atoms with Crippen molar-refractivity contribution in [3.63, 3.8) is 0 Å². The van der Waals surface area contributed by atoms with Crippen LogP contribution in [0.2, 0.25) is 0 Å². The van der Waals surface area contributed by atoms with Crippen LogP contribution in [0.3, 0.4) is 0 Å². The lowest BCUT2D eigenvalue weighted by molar-refractivity contribution is -0.405. The molecule has 0 aromatic carbocycles. The number of carboxylic acids is 2. The lowest BCUT2D eigenvalue weighted by atomic mass is 9.88. The van der Waals surface area contributed by atoms with Crippen molar-refractivity contribution >= 4 is 41.5 Å². The van der Waals surface area contributed by atoms with Crippen molar-refractivity contribution < 1.29 is 257 Å². The van der Waals surface area contributed by atoms with Gasteiger partial charge in [-0.15, -0.1) is 0 Å². The number of hydrogen-bond donors (Lipinski definition) is 33. The fourth-order valence-electron chi connectivity index (χ4n) is 16.3. The van der Waals surface area contributed by atoms with E-state index >= 15 is 0 Å². The summed E-state index contributed by atoms with van der Waals surface area (Å²) in [6.45, 7) is -6.66. The molecule has 732 valence electrons. The van der Waals surface area contributed by atoms with E-state index in [0.29, 0.717) is 0 Å². The van der Waals surface area contributed by atoms with Crippen LogP contribution in [0.25, 0.3) is 0 Å². The summed E-state index contributed by atoms with van der Waals surface area (Å²) < 4.78 is 100. The molecule has 0 aromatic heterocycles. The van der Waals surface area contributed by atoms with Gasteiger partial charge in [0.1, 0.15) is 207 Å². The Kier molecular flexibility index (Phi) is 37.4.